The summed E-state index contributed by atoms with van der Waals surface area (Å²) in [4.78, 5) is 25.8. The minimum atomic E-state index is -1.56. The van der Waals surface area contributed by atoms with Gasteiger partial charge >= 0.3 is 0 Å². The number of pyridine rings is 1. The molecule has 0 spiro atoms. The number of alkyl halides is 1. The number of fused-ring (bicyclic) bond motifs is 2. The fourth-order valence-corrected chi connectivity index (χ4v) is 5.91. The lowest BCUT2D eigenvalue weighted by molar-refractivity contribution is -0.118. The van der Waals surface area contributed by atoms with Crippen LogP contribution < -0.4 is 20.1 Å². The fourth-order valence-electron chi connectivity index (χ4n) is 4.42. The number of hydrogen-bond donors (Lipinski definition) is 2. The molecule has 10 nitrogen and oxygen atoms in total. The Kier molecular flexibility index (Phi) is 8.54. The number of carbonyl (C=O) groups is 1. The van der Waals surface area contributed by atoms with Gasteiger partial charge in [0.1, 0.15) is 35.7 Å². The van der Waals surface area contributed by atoms with E-state index in [0.717, 1.165) is 11.3 Å². The van der Waals surface area contributed by atoms with Crippen LogP contribution in [0, 0.1) is 6.92 Å². The number of aryl methyl sites for hydroxylation is 1. The second-order valence-corrected chi connectivity index (χ2v) is 12.1. The Labute approximate surface area is 238 Å². The highest BCUT2D eigenvalue weighted by Crippen LogP contribution is 2.42. The lowest BCUT2D eigenvalue weighted by Gasteiger charge is -2.19. The highest BCUT2D eigenvalue weighted by Gasteiger charge is 2.26. The Morgan fingerprint density at radius 2 is 1.85 bits per heavy atom. The number of ether oxygens (including phenoxy) is 2. The van der Waals surface area contributed by atoms with Gasteiger partial charge in [-0.05, 0) is 62.1 Å². The van der Waals surface area contributed by atoms with E-state index in [1.807, 2.05) is 58.0 Å². The van der Waals surface area contributed by atoms with Crippen molar-refractivity contribution in [1.82, 2.24) is 24.6 Å². The first-order valence-electron chi connectivity index (χ1n) is 13.4. The van der Waals surface area contributed by atoms with Crippen molar-refractivity contribution in [1.29, 1.82) is 0 Å². The summed E-state index contributed by atoms with van der Waals surface area (Å²) < 4.78 is 28.4. The van der Waals surface area contributed by atoms with Crippen molar-refractivity contribution in [2.75, 3.05) is 29.6 Å². The minimum absolute atomic E-state index is 0.372. The van der Waals surface area contributed by atoms with E-state index in [-0.39, 0.29) is 0 Å². The summed E-state index contributed by atoms with van der Waals surface area (Å²) in [6, 6.07) is 12.8. The highest BCUT2D eigenvalue weighted by molar-refractivity contribution is 7.59. The van der Waals surface area contributed by atoms with E-state index >= 15 is 0 Å². The fraction of sp³-hybridized carbons (Fsp3) is 0.276. The van der Waals surface area contributed by atoms with E-state index in [1.54, 1.807) is 22.8 Å². The molecule has 0 aliphatic heterocycles. The Hall–Kier alpha value is -4.37. The van der Waals surface area contributed by atoms with Crippen molar-refractivity contribution < 1.29 is 18.7 Å². The van der Waals surface area contributed by atoms with E-state index < -0.39 is 19.7 Å². The van der Waals surface area contributed by atoms with Crippen LogP contribution in [-0.4, -0.2) is 55.3 Å². The molecule has 0 aliphatic rings. The molecule has 5 aromatic rings. The Morgan fingerprint density at radius 1 is 1.02 bits per heavy atom. The van der Waals surface area contributed by atoms with E-state index in [0.29, 0.717) is 64.2 Å². The summed E-state index contributed by atoms with van der Waals surface area (Å²) in [7, 11) is -1.05. The maximum Gasteiger partial charge on any atom is 0.263 e. The zero-order chi connectivity index (χ0) is 28.9. The number of carbonyl (C=O) groups excluding carboxylic acids is 1. The van der Waals surface area contributed by atoms with Crippen LogP contribution in [0.2, 0.25) is 0 Å². The summed E-state index contributed by atoms with van der Waals surface area (Å²) in [6.45, 7) is 7.98. The van der Waals surface area contributed by atoms with Crippen molar-refractivity contribution >= 4 is 47.6 Å². The van der Waals surface area contributed by atoms with E-state index in [9.17, 15) is 9.18 Å². The van der Waals surface area contributed by atoms with Crippen LogP contribution in [-0.2, 0) is 4.79 Å². The van der Waals surface area contributed by atoms with E-state index in [2.05, 4.69) is 30.7 Å². The molecule has 5 rings (SSSR count). The number of halogens is 1. The molecule has 0 aliphatic carbocycles. The second-order valence-electron chi connectivity index (χ2n) is 9.20. The SMILES string of the molecule is CCOc1cc2ncnc(Nc3ccc(Oc4ccn5ncnc5c4)c(C)c3)c2cc1NC(=O)C(F)P(CC)CC. The number of amides is 1. The van der Waals surface area contributed by atoms with Crippen LogP contribution in [0.1, 0.15) is 26.3 Å². The molecule has 0 bridgehead atoms. The zero-order valence-corrected chi connectivity index (χ0v) is 24.2. The Morgan fingerprint density at radius 3 is 2.61 bits per heavy atom. The number of nitrogens with zero attached hydrogens (tertiary/aromatic N) is 5. The molecule has 41 heavy (non-hydrogen) atoms. The average molecular weight is 576 g/mol. The van der Waals surface area contributed by atoms with Gasteiger partial charge in [-0.3, -0.25) is 4.79 Å². The summed E-state index contributed by atoms with van der Waals surface area (Å²) >= 11 is 0. The molecule has 0 saturated heterocycles. The summed E-state index contributed by atoms with van der Waals surface area (Å²) in [6.07, 6.45) is 6.01. The van der Waals surface area contributed by atoms with Crippen molar-refractivity contribution in [3.63, 3.8) is 0 Å². The first-order valence-corrected chi connectivity index (χ1v) is 15.1. The lowest BCUT2D eigenvalue weighted by Crippen LogP contribution is -2.24. The monoisotopic (exact) mass is 575 g/mol. The number of aromatic nitrogens is 5. The molecule has 1 unspecified atom stereocenters. The lowest BCUT2D eigenvalue weighted by atomic mass is 10.1. The van der Waals surface area contributed by atoms with Gasteiger partial charge in [-0.25, -0.2) is 23.9 Å². The van der Waals surface area contributed by atoms with Gasteiger partial charge in [0.05, 0.1) is 17.8 Å². The Balaban J connectivity index is 1.41. The smallest absolute Gasteiger partial charge is 0.263 e. The molecule has 1 atom stereocenters. The largest absolute Gasteiger partial charge is 0.492 e. The predicted molar refractivity (Wildman–Crippen MR) is 160 cm³/mol. The number of hydrogen-bond acceptors (Lipinski definition) is 8. The number of anilines is 3. The predicted octanol–water partition coefficient (Wildman–Crippen LogP) is 6.67. The van der Waals surface area contributed by atoms with Crippen molar-refractivity contribution in [3.8, 4) is 17.2 Å². The molecule has 1 amide bonds. The standard InChI is InChI=1S/C29H31FN7O3P/c1-5-39-25-15-22-21(14-23(25)36-29(38)27(30)41(6-2)7-3)28(33-16-31-22)35-19-8-9-24(18(4)12-19)40-20-10-11-37-26(13-20)32-17-34-37/h8-17,27H,5-7H2,1-4H3,(H,36,38)(H,31,33,35). The molecular weight excluding hydrogens is 544 g/mol. The zero-order valence-electron chi connectivity index (χ0n) is 23.3. The van der Waals surface area contributed by atoms with Crippen LogP contribution in [0.15, 0.2) is 61.3 Å². The van der Waals surface area contributed by atoms with Gasteiger partial charge in [-0.2, -0.15) is 5.10 Å². The molecule has 0 radical (unpaired) electrons. The molecular formula is C29H31FN7O3P. The number of benzene rings is 2. The molecule has 212 valence electrons. The van der Waals surface area contributed by atoms with Crippen molar-refractivity contribution in [3.05, 3.63) is 66.9 Å². The van der Waals surface area contributed by atoms with Crippen LogP contribution in [0.25, 0.3) is 16.6 Å². The summed E-state index contributed by atoms with van der Waals surface area (Å²) in [5.74, 6) is 0.0665. The van der Waals surface area contributed by atoms with Gasteiger partial charge in [0.15, 0.2) is 11.6 Å². The molecule has 3 aromatic heterocycles. The Bertz CT molecular complexity index is 1690. The van der Waals surface area contributed by atoms with Crippen LogP contribution in [0.4, 0.5) is 21.6 Å². The molecule has 2 N–H and O–H groups in total. The van der Waals surface area contributed by atoms with Crippen LogP contribution in [0.5, 0.6) is 17.2 Å². The van der Waals surface area contributed by atoms with Gasteiger partial charge in [0.2, 0.25) is 0 Å². The second kappa shape index (κ2) is 12.4. The third-order valence-corrected chi connectivity index (χ3v) is 9.06. The van der Waals surface area contributed by atoms with E-state index in [1.165, 1.54) is 12.7 Å². The highest BCUT2D eigenvalue weighted by atomic mass is 31.1. The third-order valence-electron chi connectivity index (χ3n) is 6.56. The van der Waals surface area contributed by atoms with Gasteiger partial charge < -0.3 is 20.1 Å². The van der Waals surface area contributed by atoms with Gasteiger partial charge in [0, 0.05) is 29.4 Å². The summed E-state index contributed by atoms with van der Waals surface area (Å²) in [5.41, 5.74) is 3.36. The number of nitrogens with one attached hydrogen (secondary N) is 2. The first kappa shape index (κ1) is 28.2. The van der Waals surface area contributed by atoms with Crippen LogP contribution >= 0.6 is 7.92 Å². The quantitative estimate of drug-likeness (QED) is 0.168. The molecule has 12 heteroatoms. The van der Waals surface area contributed by atoms with E-state index in [4.69, 9.17) is 9.47 Å². The van der Waals surface area contributed by atoms with Gasteiger partial charge in [0.25, 0.3) is 5.91 Å². The molecule has 0 saturated carbocycles. The van der Waals surface area contributed by atoms with Gasteiger partial charge in [-0.15, -0.1) is 0 Å². The van der Waals surface area contributed by atoms with Crippen molar-refractivity contribution in [2.45, 2.75) is 33.6 Å². The van der Waals surface area contributed by atoms with Crippen molar-refractivity contribution in [2.24, 2.45) is 0 Å². The number of rotatable bonds is 11. The average Bonchev–Trinajstić information content (AvgIpc) is 3.44. The topological polar surface area (TPSA) is 116 Å². The van der Waals surface area contributed by atoms with Crippen LogP contribution in [0.3, 0.4) is 0 Å². The molecule has 3 heterocycles. The van der Waals surface area contributed by atoms with Gasteiger partial charge in [-0.1, -0.05) is 21.8 Å². The maximum atomic E-state index is 14.9. The maximum absolute atomic E-state index is 14.9. The summed E-state index contributed by atoms with van der Waals surface area (Å²) in [5, 5.41) is 10.8. The normalized spacial score (nSPS) is 12.0. The first-order chi connectivity index (χ1) is 19.9. The minimum Gasteiger partial charge on any atom is -0.492 e. The third kappa shape index (κ3) is 6.20. The molecule has 2 aromatic carbocycles. The molecule has 0 fully saturated rings.